The van der Waals surface area contributed by atoms with Gasteiger partial charge in [-0.1, -0.05) is 32.6 Å². The van der Waals surface area contributed by atoms with E-state index in [1.807, 2.05) is 0 Å². The predicted octanol–water partition coefficient (Wildman–Crippen LogP) is 4.50. The number of hydrogen-bond acceptors (Lipinski definition) is 3. The van der Waals surface area contributed by atoms with Crippen LogP contribution < -0.4 is 5.32 Å². The molecule has 2 aliphatic rings. The first-order valence-corrected chi connectivity index (χ1v) is 10.9. The number of rotatable bonds is 5. The monoisotopic (exact) mass is 362 g/mol. The molecule has 1 aromatic heterocycles. The third-order valence-electron chi connectivity index (χ3n) is 6.31. The van der Waals surface area contributed by atoms with Gasteiger partial charge in [0.15, 0.2) is 0 Å². The first-order chi connectivity index (χ1) is 12.0. The van der Waals surface area contributed by atoms with Crippen LogP contribution in [0, 0.1) is 11.3 Å². The largest absolute Gasteiger partial charge is 0.351 e. The summed E-state index contributed by atoms with van der Waals surface area (Å²) in [6.45, 7) is 4.24. The highest BCUT2D eigenvalue weighted by Gasteiger charge is 2.40. The Morgan fingerprint density at radius 3 is 2.68 bits per heavy atom. The van der Waals surface area contributed by atoms with Gasteiger partial charge in [0.2, 0.25) is 0 Å². The molecule has 4 heteroatoms. The highest BCUT2D eigenvalue weighted by Crippen LogP contribution is 2.43. The van der Waals surface area contributed by atoms with Gasteiger partial charge in [0.05, 0.1) is 4.88 Å². The van der Waals surface area contributed by atoms with Gasteiger partial charge in [0.25, 0.3) is 5.91 Å². The van der Waals surface area contributed by atoms with Crippen molar-refractivity contribution >= 4 is 17.2 Å². The molecular weight excluding hydrogens is 328 g/mol. The smallest absolute Gasteiger partial charge is 0.261 e. The maximum absolute atomic E-state index is 12.8. The van der Waals surface area contributed by atoms with Crippen LogP contribution >= 0.6 is 11.3 Å². The number of hydrogen-bond donors (Lipinski definition) is 1. The van der Waals surface area contributed by atoms with E-state index in [0.717, 1.165) is 30.8 Å². The lowest BCUT2D eigenvalue weighted by atomic mass is 9.78. The molecule has 1 N–H and O–H groups in total. The minimum absolute atomic E-state index is 0.147. The van der Waals surface area contributed by atoms with Crippen LogP contribution in [0.15, 0.2) is 6.07 Å². The molecule has 1 amide bonds. The summed E-state index contributed by atoms with van der Waals surface area (Å²) in [7, 11) is 4.29. The van der Waals surface area contributed by atoms with Gasteiger partial charge in [0, 0.05) is 23.4 Å². The number of thiophene rings is 1. The number of aryl methyl sites for hydroxylation is 2. The maximum Gasteiger partial charge on any atom is 0.261 e. The molecule has 3 nitrogen and oxygen atoms in total. The molecule has 0 saturated heterocycles. The average Bonchev–Trinajstić information content (AvgIpc) is 3.09. The molecule has 0 bridgehead atoms. The fourth-order valence-electron chi connectivity index (χ4n) is 4.80. The SMILES string of the molecule is CC1CCCC1(CNC(=O)c1cc2c(s1)CCCCCC2)CN(C)C. The van der Waals surface area contributed by atoms with Gasteiger partial charge in [-0.15, -0.1) is 11.3 Å². The Kier molecular flexibility index (Phi) is 6.21. The molecule has 2 aliphatic carbocycles. The fourth-order valence-corrected chi connectivity index (χ4v) is 5.97. The standard InChI is InChI=1S/C21H34N2OS/c1-16-9-8-12-21(16,15-23(2)3)14-22-20(24)19-13-17-10-6-4-5-7-11-18(17)25-19/h13,16H,4-12,14-15H2,1-3H3,(H,22,24). The van der Waals surface area contributed by atoms with E-state index in [9.17, 15) is 4.79 Å². The summed E-state index contributed by atoms with van der Waals surface area (Å²) in [6.07, 6.45) is 11.3. The van der Waals surface area contributed by atoms with Crippen molar-refractivity contribution in [2.45, 2.75) is 64.7 Å². The van der Waals surface area contributed by atoms with E-state index in [-0.39, 0.29) is 11.3 Å². The zero-order valence-corrected chi connectivity index (χ0v) is 17.0. The van der Waals surface area contributed by atoms with Gasteiger partial charge in [0.1, 0.15) is 0 Å². The van der Waals surface area contributed by atoms with E-state index in [1.54, 1.807) is 11.3 Å². The summed E-state index contributed by atoms with van der Waals surface area (Å²) in [6, 6.07) is 2.18. The summed E-state index contributed by atoms with van der Waals surface area (Å²) in [5.74, 6) is 0.827. The Bertz CT molecular complexity index is 569. The Morgan fingerprint density at radius 2 is 2.00 bits per heavy atom. The van der Waals surface area contributed by atoms with Gasteiger partial charge in [-0.25, -0.2) is 0 Å². The second-order valence-corrected chi connectivity index (χ2v) is 9.69. The number of carbonyl (C=O) groups is 1. The van der Waals surface area contributed by atoms with E-state index in [2.05, 4.69) is 37.3 Å². The summed E-state index contributed by atoms with van der Waals surface area (Å²) in [5.41, 5.74) is 1.68. The van der Waals surface area contributed by atoms with E-state index >= 15 is 0 Å². The molecule has 1 fully saturated rings. The van der Waals surface area contributed by atoms with E-state index < -0.39 is 0 Å². The number of fused-ring (bicyclic) bond motifs is 1. The zero-order chi connectivity index (χ0) is 17.9. The molecule has 140 valence electrons. The third kappa shape index (κ3) is 4.46. The zero-order valence-electron chi connectivity index (χ0n) is 16.2. The van der Waals surface area contributed by atoms with Crippen molar-refractivity contribution in [3.63, 3.8) is 0 Å². The molecule has 0 aliphatic heterocycles. The van der Waals surface area contributed by atoms with E-state index in [1.165, 1.54) is 55.4 Å². The van der Waals surface area contributed by atoms with Crippen LogP contribution in [0.25, 0.3) is 0 Å². The number of carbonyl (C=O) groups excluding carboxylic acids is 1. The fraction of sp³-hybridized carbons (Fsp3) is 0.762. The average molecular weight is 363 g/mol. The van der Waals surface area contributed by atoms with Crippen molar-refractivity contribution in [1.29, 1.82) is 0 Å². The van der Waals surface area contributed by atoms with Crippen LogP contribution in [0.1, 0.15) is 72.0 Å². The molecule has 0 aromatic carbocycles. The lowest BCUT2D eigenvalue weighted by Crippen LogP contribution is -2.45. The molecule has 3 rings (SSSR count). The number of nitrogens with zero attached hydrogens (tertiary/aromatic N) is 1. The molecule has 2 unspecified atom stereocenters. The van der Waals surface area contributed by atoms with Crippen molar-refractivity contribution in [3.8, 4) is 0 Å². The normalized spacial score (nSPS) is 27.0. The van der Waals surface area contributed by atoms with Crippen LogP contribution in [-0.2, 0) is 12.8 Å². The Morgan fingerprint density at radius 1 is 1.24 bits per heavy atom. The molecular formula is C21H34N2OS. The van der Waals surface area contributed by atoms with Crippen molar-refractivity contribution in [2.24, 2.45) is 11.3 Å². The van der Waals surface area contributed by atoms with Gasteiger partial charge in [-0.05, 0) is 63.7 Å². The summed E-state index contributed by atoms with van der Waals surface area (Å²) in [4.78, 5) is 17.5. The highest BCUT2D eigenvalue weighted by atomic mass is 32.1. The third-order valence-corrected chi connectivity index (χ3v) is 7.55. The maximum atomic E-state index is 12.8. The minimum Gasteiger partial charge on any atom is -0.351 e. The molecule has 0 radical (unpaired) electrons. The molecule has 1 saturated carbocycles. The number of nitrogens with one attached hydrogen (secondary N) is 1. The first kappa shape index (κ1) is 18.9. The molecule has 0 spiro atoms. The molecule has 1 heterocycles. The second kappa shape index (κ2) is 8.22. The molecule has 25 heavy (non-hydrogen) atoms. The summed E-state index contributed by atoms with van der Waals surface area (Å²) in [5, 5.41) is 3.30. The summed E-state index contributed by atoms with van der Waals surface area (Å²) >= 11 is 1.74. The second-order valence-electron chi connectivity index (χ2n) is 8.55. The lowest BCUT2D eigenvalue weighted by Gasteiger charge is -2.36. The highest BCUT2D eigenvalue weighted by molar-refractivity contribution is 7.14. The minimum atomic E-state index is 0.147. The Hall–Kier alpha value is -0.870. The molecule has 1 aromatic rings. The predicted molar refractivity (Wildman–Crippen MR) is 107 cm³/mol. The molecule has 2 atom stereocenters. The van der Waals surface area contributed by atoms with Crippen LogP contribution in [-0.4, -0.2) is 38.0 Å². The van der Waals surface area contributed by atoms with Crippen molar-refractivity contribution in [2.75, 3.05) is 27.2 Å². The van der Waals surface area contributed by atoms with Gasteiger partial charge < -0.3 is 10.2 Å². The van der Waals surface area contributed by atoms with Crippen LogP contribution in [0.5, 0.6) is 0 Å². The topological polar surface area (TPSA) is 32.3 Å². The first-order valence-electron chi connectivity index (χ1n) is 10.0. The Labute approximate surface area is 157 Å². The van der Waals surface area contributed by atoms with Crippen LogP contribution in [0.3, 0.4) is 0 Å². The van der Waals surface area contributed by atoms with Crippen LogP contribution in [0.2, 0.25) is 0 Å². The van der Waals surface area contributed by atoms with Gasteiger partial charge in [-0.2, -0.15) is 0 Å². The van der Waals surface area contributed by atoms with Crippen molar-refractivity contribution < 1.29 is 4.79 Å². The van der Waals surface area contributed by atoms with Gasteiger partial charge >= 0.3 is 0 Å². The van der Waals surface area contributed by atoms with E-state index in [0.29, 0.717) is 5.92 Å². The Balaban J connectivity index is 1.66. The van der Waals surface area contributed by atoms with Gasteiger partial charge in [-0.3, -0.25) is 4.79 Å². The van der Waals surface area contributed by atoms with Crippen molar-refractivity contribution in [1.82, 2.24) is 10.2 Å². The van der Waals surface area contributed by atoms with Crippen molar-refractivity contribution in [3.05, 3.63) is 21.4 Å². The quantitative estimate of drug-likeness (QED) is 0.836. The van der Waals surface area contributed by atoms with E-state index in [4.69, 9.17) is 0 Å². The lowest BCUT2D eigenvalue weighted by molar-refractivity contribution is 0.0891. The van der Waals surface area contributed by atoms with Crippen LogP contribution in [0.4, 0.5) is 0 Å². The number of amides is 1. The summed E-state index contributed by atoms with van der Waals surface area (Å²) < 4.78 is 0.